The Hall–Kier alpha value is -1.60. The van der Waals surface area contributed by atoms with Gasteiger partial charge in [0.1, 0.15) is 0 Å². The van der Waals surface area contributed by atoms with Crippen molar-refractivity contribution in [2.24, 2.45) is 5.73 Å². The maximum absolute atomic E-state index is 5.85. The molecule has 86 valence electrons. The van der Waals surface area contributed by atoms with Crippen molar-refractivity contribution >= 4 is 0 Å². The van der Waals surface area contributed by atoms with E-state index in [1.54, 1.807) is 0 Å². The van der Waals surface area contributed by atoms with Crippen LogP contribution >= 0.6 is 0 Å². The van der Waals surface area contributed by atoms with Crippen LogP contribution in [-0.2, 0) is 5.41 Å². The fourth-order valence-corrected chi connectivity index (χ4v) is 2.41. The number of hydrogen-bond acceptors (Lipinski definition) is 1. The number of hydrogen-bond donors (Lipinski definition) is 1. The fourth-order valence-electron chi connectivity index (χ4n) is 2.41. The van der Waals surface area contributed by atoms with Gasteiger partial charge in [0.25, 0.3) is 0 Å². The van der Waals surface area contributed by atoms with Crippen LogP contribution in [0.4, 0.5) is 0 Å². The molecule has 0 unspecified atom stereocenters. The molecule has 1 saturated carbocycles. The molecule has 0 radical (unpaired) electrons. The largest absolute Gasteiger partial charge is 0.330 e. The number of rotatable bonds is 3. The highest BCUT2D eigenvalue weighted by Gasteiger charge is 2.42. The van der Waals surface area contributed by atoms with Crippen molar-refractivity contribution in [1.82, 2.24) is 0 Å². The van der Waals surface area contributed by atoms with Crippen LogP contribution in [0, 0.1) is 0 Å². The highest BCUT2D eigenvalue weighted by Crippen LogP contribution is 2.47. The predicted molar refractivity (Wildman–Crippen MR) is 71.8 cm³/mol. The summed E-state index contributed by atoms with van der Waals surface area (Å²) < 4.78 is 0. The average molecular weight is 223 g/mol. The first kappa shape index (κ1) is 10.5. The van der Waals surface area contributed by atoms with Crippen LogP contribution in [-0.4, -0.2) is 6.54 Å². The fraction of sp³-hybridized carbons (Fsp3) is 0.250. The summed E-state index contributed by atoms with van der Waals surface area (Å²) >= 11 is 0. The Labute approximate surface area is 102 Å². The van der Waals surface area contributed by atoms with Crippen LogP contribution in [0.15, 0.2) is 54.6 Å². The Morgan fingerprint density at radius 3 is 1.94 bits per heavy atom. The molecule has 0 heterocycles. The van der Waals surface area contributed by atoms with Crippen molar-refractivity contribution in [1.29, 1.82) is 0 Å². The van der Waals surface area contributed by atoms with E-state index >= 15 is 0 Å². The molecule has 2 aromatic rings. The van der Waals surface area contributed by atoms with Crippen molar-refractivity contribution in [2.75, 3.05) is 6.54 Å². The van der Waals surface area contributed by atoms with Gasteiger partial charge in [-0.15, -0.1) is 0 Å². The number of nitrogens with two attached hydrogens (primary N) is 1. The van der Waals surface area contributed by atoms with E-state index in [9.17, 15) is 0 Å². The molecule has 0 amide bonds. The molecule has 0 bridgehead atoms. The molecule has 1 heteroatoms. The third-order valence-electron chi connectivity index (χ3n) is 3.85. The SMILES string of the molecule is NCC1(c2ccc(-c3ccccc3)cc2)CC1. The highest BCUT2D eigenvalue weighted by atomic mass is 14.7. The van der Waals surface area contributed by atoms with Gasteiger partial charge in [0, 0.05) is 12.0 Å². The molecule has 2 aromatic carbocycles. The summed E-state index contributed by atoms with van der Waals surface area (Å²) in [5.41, 5.74) is 10.1. The summed E-state index contributed by atoms with van der Waals surface area (Å²) in [7, 11) is 0. The molecule has 1 nitrogen and oxygen atoms in total. The van der Waals surface area contributed by atoms with Crippen molar-refractivity contribution in [3.63, 3.8) is 0 Å². The predicted octanol–water partition coefficient (Wildman–Crippen LogP) is 3.34. The molecule has 2 N–H and O–H groups in total. The van der Waals surface area contributed by atoms with Gasteiger partial charge in [-0.1, -0.05) is 54.6 Å². The van der Waals surface area contributed by atoms with Gasteiger partial charge in [0.2, 0.25) is 0 Å². The lowest BCUT2D eigenvalue weighted by Gasteiger charge is -2.13. The summed E-state index contributed by atoms with van der Waals surface area (Å²) in [6.45, 7) is 0.775. The molecule has 0 atom stereocenters. The first-order valence-electron chi connectivity index (χ1n) is 6.20. The van der Waals surface area contributed by atoms with Crippen LogP contribution in [0.1, 0.15) is 18.4 Å². The van der Waals surface area contributed by atoms with E-state index in [2.05, 4.69) is 48.5 Å². The summed E-state index contributed by atoms with van der Waals surface area (Å²) in [5.74, 6) is 0. The summed E-state index contributed by atoms with van der Waals surface area (Å²) in [6.07, 6.45) is 2.49. The molecular weight excluding hydrogens is 206 g/mol. The van der Waals surface area contributed by atoms with Gasteiger partial charge >= 0.3 is 0 Å². The zero-order valence-corrected chi connectivity index (χ0v) is 9.89. The number of benzene rings is 2. The molecule has 1 aliphatic carbocycles. The molecule has 0 aromatic heterocycles. The molecule has 0 aliphatic heterocycles. The van der Waals surface area contributed by atoms with E-state index in [0.717, 1.165) is 6.54 Å². The quantitative estimate of drug-likeness (QED) is 0.848. The Bertz CT molecular complexity index is 495. The van der Waals surface area contributed by atoms with E-state index in [1.165, 1.54) is 29.5 Å². The van der Waals surface area contributed by atoms with E-state index < -0.39 is 0 Å². The average Bonchev–Trinajstić information content (AvgIpc) is 3.21. The van der Waals surface area contributed by atoms with Gasteiger partial charge in [-0.3, -0.25) is 0 Å². The van der Waals surface area contributed by atoms with Gasteiger partial charge in [-0.25, -0.2) is 0 Å². The molecule has 3 rings (SSSR count). The lowest BCUT2D eigenvalue weighted by Crippen LogP contribution is -2.19. The van der Waals surface area contributed by atoms with E-state index in [4.69, 9.17) is 5.73 Å². The summed E-state index contributed by atoms with van der Waals surface area (Å²) in [4.78, 5) is 0. The van der Waals surface area contributed by atoms with Crippen LogP contribution < -0.4 is 5.73 Å². The Morgan fingerprint density at radius 2 is 1.41 bits per heavy atom. The maximum Gasteiger partial charge on any atom is 0.00762 e. The second kappa shape index (κ2) is 4.01. The molecule has 0 saturated heterocycles. The minimum Gasteiger partial charge on any atom is -0.330 e. The molecular formula is C16H17N. The van der Waals surface area contributed by atoms with Crippen LogP contribution in [0.2, 0.25) is 0 Å². The van der Waals surface area contributed by atoms with E-state index in [0.29, 0.717) is 5.41 Å². The normalized spacial score (nSPS) is 16.8. The topological polar surface area (TPSA) is 26.0 Å². The van der Waals surface area contributed by atoms with E-state index in [-0.39, 0.29) is 0 Å². The first-order valence-corrected chi connectivity index (χ1v) is 6.20. The Kier molecular flexibility index (Phi) is 2.49. The zero-order valence-electron chi connectivity index (χ0n) is 9.89. The van der Waals surface area contributed by atoms with Gasteiger partial charge < -0.3 is 5.73 Å². The lowest BCUT2D eigenvalue weighted by atomic mass is 9.94. The third-order valence-corrected chi connectivity index (χ3v) is 3.85. The Morgan fingerprint density at radius 1 is 0.824 bits per heavy atom. The summed E-state index contributed by atoms with van der Waals surface area (Å²) in [5, 5.41) is 0. The molecule has 1 fully saturated rings. The second-order valence-electron chi connectivity index (χ2n) is 4.93. The van der Waals surface area contributed by atoms with Gasteiger partial charge in [0.15, 0.2) is 0 Å². The monoisotopic (exact) mass is 223 g/mol. The standard InChI is InChI=1S/C16H17N/c17-12-16(10-11-16)15-8-6-14(7-9-15)13-4-2-1-3-5-13/h1-9H,10-12,17H2. The second-order valence-corrected chi connectivity index (χ2v) is 4.93. The van der Waals surface area contributed by atoms with Gasteiger partial charge in [0.05, 0.1) is 0 Å². The van der Waals surface area contributed by atoms with Crippen LogP contribution in [0.5, 0.6) is 0 Å². The van der Waals surface area contributed by atoms with Crippen molar-refractivity contribution in [3.05, 3.63) is 60.2 Å². The zero-order chi connectivity index (χ0) is 11.7. The van der Waals surface area contributed by atoms with Crippen molar-refractivity contribution < 1.29 is 0 Å². The maximum atomic E-state index is 5.85. The minimum atomic E-state index is 0.301. The minimum absolute atomic E-state index is 0.301. The summed E-state index contributed by atoms with van der Waals surface area (Å²) in [6, 6.07) is 19.4. The first-order chi connectivity index (χ1) is 8.34. The third kappa shape index (κ3) is 1.87. The van der Waals surface area contributed by atoms with Crippen molar-refractivity contribution in [2.45, 2.75) is 18.3 Å². The molecule has 0 spiro atoms. The lowest BCUT2D eigenvalue weighted by molar-refractivity contribution is 0.705. The highest BCUT2D eigenvalue weighted by molar-refractivity contribution is 5.63. The van der Waals surface area contributed by atoms with Crippen molar-refractivity contribution in [3.8, 4) is 11.1 Å². The van der Waals surface area contributed by atoms with Gasteiger partial charge in [-0.05, 0) is 29.5 Å². The molecule has 17 heavy (non-hydrogen) atoms. The van der Waals surface area contributed by atoms with Crippen LogP contribution in [0.25, 0.3) is 11.1 Å². The van der Waals surface area contributed by atoms with Crippen LogP contribution in [0.3, 0.4) is 0 Å². The van der Waals surface area contributed by atoms with E-state index in [1.807, 2.05) is 6.07 Å². The van der Waals surface area contributed by atoms with Gasteiger partial charge in [-0.2, -0.15) is 0 Å². The molecule has 1 aliphatic rings. The smallest absolute Gasteiger partial charge is 0.00762 e. The Balaban J connectivity index is 1.91.